The van der Waals surface area contributed by atoms with Crippen LogP contribution in [0.1, 0.15) is 52.4 Å². The maximum atomic E-state index is 11.3. The molecule has 108 valence electrons. The molecule has 0 fully saturated rings. The third kappa shape index (κ3) is 11.7. The maximum Gasteiger partial charge on any atom is 0.305 e. The van der Waals surface area contributed by atoms with Crippen molar-refractivity contribution in [2.24, 2.45) is 5.92 Å². The van der Waals surface area contributed by atoms with Crippen LogP contribution in [0, 0.1) is 5.92 Å². The van der Waals surface area contributed by atoms with Crippen LogP contribution in [0.5, 0.6) is 0 Å². The highest BCUT2D eigenvalue weighted by Crippen LogP contribution is 2.10. The summed E-state index contributed by atoms with van der Waals surface area (Å²) in [6, 6.07) is 0. The predicted octanol–water partition coefficient (Wildman–Crippen LogP) is 2.71. The van der Waals surface area contributed by atoms with Gasteiger partial charge in [-0.15, -0.1) is 12.4 Å². The number of carbonyl (C=O) groups excluding carboxylic acids is 1. The van der Waals surface area contributed by atoms with Gasteiger partial charge in [0.1, 0.15) is 0 Å². The number of nitrogens with zero attached hydrogens (tertiary/aromatic N) is 1. The Morgan fingerprint density at radius 3 is 2.22 bits per heavy atom. The average Bonchev–Trinajstić information content (AvgIpc) is 2.24. The first-order valence-corrected chi connectivity index (χ1v) is 6.14. The van der Waals surface area contributed by atoms with Gasteiger partial charge in [-0.05, 0) is 12.3 Å². The Labute approximate surface area is 115 Å². The number of hydroxylamine groups is 2. The SMILES string of the molecule is CC(C)CCCCCC(=O)N(O)CCC(=O)O.Cl. The largest absolute Gasteiger partial charge is 0.481 e. The summed E-state index contributed by atoms with van der Waals surface area (Å²) < 4.78 is 0. The van der Waals surface area contributed by atoms with Crippen molar-refractivity contribution in [3.63, 3.8) is 0 Å². The van der Waals surface area contributed by atoms with E-state index in [2.05, 4.69) is 13.8 Å². The molecule has 5 nitrogen and oxygen atoms in total. The summed E-state index contributed by atoms with van der Waals surface area (Å²) in [5, 5.41) is 18.1. The highest BCUT2D eigenvalue weighted by atomic mass is 35.5. The van der Waals surface area contributed by atoms with Crippen LogP contribution in [-0.2, 0) is 9.59 Å². The van der Waals surface area contributed by atoms with Crippen molar-refractivity contribution in [3.05, 3.63) is 0 Å². The summed E-state index contributed by atoms with van der Waals surface area (Å²) in [6.45, 7) is 4.18. The number of carbonyl (C=O) groups is 2. The molecule has 0 saturated heterocycles. The van der Waals surface area contributed by atoms with Crippen LogP contribution in [0.3, 0.4) is 0 Å². The van der Waals surface area contributed by atoms with Crippen LogP contribution in [-0.4, -0.2) is 33.8 Å². The molecule has 0 spiro atoms. The molecule has 0 atom stereocenters. The van der Waals surface area contributed by atoms with Crippen LogP contribution in [0.2, 0.25) is 0 Å². The molecule has 0 saturated carbocycles. The number of unbranched alkanes of at least 4 members (excludes halogenated alkanes) is 2. The topological polar surface area (TPSA) is 77.8 Å². The van der Waals surface area contributed by atoms with Crippen molar-refractivity contribution in [1.82, 2.24) is 5.06 Å². The smallest absolute Gasteiger partial charge is 0.305 e. The number of halogens is 1. The Kier molecular flexibility index (Phi) is 12.2. The van der Waals surface area contributed by atoms with E-state index in [1.807, 2.05) is 0 Å². The molecule has 0 unspecified atom stereocenters. The standard InChI is InChI=1S/C12H23NO4.ClH/c1-10(2)6-4-3-5-7-11(14)13(17)9-8-12(15)16;/h10,17H,3-9H2,1-2H3,(H,15,16);1H. The minimum Gasteiger partial charge on any atom is -0.481 e. The zero-order chi connectivity index (χ0) is 13.3. The van der Waals surface area contributed by atoms with E-state index in [1.165, 1.54) is 0 Å². The summed E-state index contributed by atoms with van der Waals surface area (Å²) in [7, 11) is 0. The monoisotopic (exact) mass is 281 g/mol. The number of aliphatic carboxylic acids is 1. The summed E-state index contributed by atoms with van der Waals surface area (Å²) >= 11 is 0. The lowest BCUT2D eigenvalue weighted by Crippen LogP contribution is -2.29. The second-order valence-corrected chi connectivity index (χ2v) is 4.65. The molecule has 0 heterocycles. The summed E-state index contributed by atoms with van der Waals surface area (Å²) in [5.74, 6) is -0.736. The molecule has 0 aliphatic heterocycles. The lowest BCUT2D eigenvalue weighted by Gasteiger charge is -2.13. The number of hydrogen-bond acceptors (Lipinski definition) is 3. The highest BCUT2D eigenvalue weighted by Gasteiger charge is 2.11. The Bertz CT molecular complexity index is 246. The Morgan fingerprint density at radius 2 is 1.72 bits per heavy atom. The predicted molar refractivity (Wildman–Crippen MR) is 70.9 cm³/mol. The van der Waals surface area contributed by atoms with Gasteiger partial charge in [-0.1, -0.05) is 33.1 Å². The van der Waals surface area contributed by atoms with E-state index in [0.29, 0.717) is 11.0 Å². The fourth-order valence-electron chi connectivity index (χ4n) is 1.46. The van der Waals surface area contributed by atoms with Gasteiger partial charge in [0.05, 0.1) is 13.0 Å². The van der Waals surface area contributed by atoms with Crippen molar-refractivity contribution >= 4 is 24.3 Å². The third-order valence-electron chi connectivity index (χ3n) is 2.50. The first-order valence-electron chi connectivity index (χ1n) is 6.14. The van der Waals surface area contributed by atoms with Gasteiger partial charge in [0, 0.05) is 6.42 Å². The molecule has 0 aromatic rings. The zero-order valence-electron chi connectivity index (χ0n) is 11.1. The molecule has 0 aromatic heterocycles. The molecule has 0 radical (unpaired) electrons. The lowest BCUT2D eigenvalue weighted by atomic mass is 10.0. The number of amides is 1. The van der Waals surface area contributed by atoms with E-state index in [1.54, 1.807) is 0 Å². The third-order valence-corrected chi connectivity index (χ3v) is 2.50. The van der Waals surface area contributed by atoms with Crippen molar-refractivity contribution in [3.8, 4) is 0 Å². The van der Waals surface area contributed by atoms with Crippen LogP contribution in [0.25, 0.3) is 0 Å². The molecule has 0 bridgehead atoms. The normalized spacial score (nSPS) is 10.0. The summed E-state index contributed by atoms with van der Waals surface area (Å²) in [4.78, 5) is 21.6. The van der Waals surface area contributed by atoms with Crippen molar-refractivity contribution in [2.75, 3.05) is 6.54 Å². The number of hydrogen-bond donors (Lipinski definition) is 2. The van der Waals surface area contributed by atoms with Gasteiger partial charge in [0.25, 0.3) is 0 Å². The molecule has 0 rings (SSSR count). The molecule has 0 aliphatic carbocycles. The number of carboxylic acid groups (broad SMARTS) is 1. The molecule has 1 amide bonds. The van der Waals surface area contributed by atoms with E-state index in [-0.39, 0.29) is 31.8 Å². The second-order valence-electron chi connectivity index (χ2n) is 4.65. The molecule has 2 N–H and O–H groups in total. The van der Waals surface area contributed by atoms with Gasteiger partial charge in [-0.25, -0.2) is 5.06 Å². The molecule has 0 aliphatic rings. The summed E-state index contributed by atoms with van der Waals surface area (Å²) in [5.41, 5.74) is 0. The van der Waals surface area contributed by atoms with Crippen LogP contribution < -0.4 is 0 Å². The average molecular weight is 282 g/mol. The highest BCUT2D eigenvalue weighted by molar-refractivity contribution is 5.85. The molecule has 0 aromatic carbocycles. The minimum atomic E-state index is -1.02. The van der Waals surface area contributed by atoms with E-state index in [4.69, 9.17) is 5.11 Å². The maximum absolute atomic E-state index is 11.3. The van der Waals surface area contributed by atoms with Crippen molar-refractivity contribution in [1.29, 1.82) is 0 Å². The minimum absolute atomic E-state index is 0. The van der Waals surface area contributed by atoms with E-state index in [9.17, 15) is 14.8 Å². The van der Waals surface area contributed by atoms with Gasteiger partial charge >= 0.3 is 5.97 Å². The second kappa shape index (κ2) is 11.3. The van der Waals surface area contributed by atoms with Gasteiger partial charge in [0.2, 0.25) is 5.91 Å². The van der Waals surface area contributed by atoms with Crippen molar-refractivity contribution < 1.29 is 19.9 Å². The number of rotatable bonds is 9. The van der Waals surface area contributed by atoms with Gasteiger partial charge in [0.15, 0.2) is 0 Å². The summed E-state index contributed by atoms with van der Waals surface area (Å²) in [6.07, 6.45) is 4.01. The van der Waals surface area contributed by atoms with E-state index >= 15 is 0 Å². The van der Waals surface area contributed by atoms with Gasteiger partial charge < -0.3 is 5.11 Å². The number of carboxylic acids is 1. The van der Waals surface area contributed by atoms with E-state index in [0.717, 1.165) is 25.7 Å². The fraction of sp³-hybridized carbons (Fsp3) is 0.833. The molecule has 18 heavy (non-hydrogen) atoms. The fourth-order valence-corrected chi connectivity index (χ4v) is 1.46. The van der Waals surface area contributed by atoms with Crippen LogP contribution in [0.4, 0.5) is 0 Å². The Morgan fingerprint density at radius 1 is 1.11 bits per heavy atom. The molecule has 6 heteroatoms. The zero-order valence-corrected chi connectivity index (χ0v) is 11.9. The van der Waals surface area contributed by atoms with E-state index < -0.39 is 11.9 Å². The van der Waals surface area contributed by atoms with Gasteiger partial charge in [-0.2, -0.15) is 0 Å². The van der Waals surface area contributed by atoms with Crippen molar-refractivity contribution in [2.45, 2.75) is 52.4 Å². The Balaban J connectivity index is 0. The van der Waals surface area contributed by atoms with Crippen LogP contribution in [0.15, 0.2) is 0 Å². The molecular weight excluding hydrogens is 258 g/mol. The quantitative estimate of drug-likeness (QED) is 0.387. The molecular formula is C12H24ClNO4. The van der Waals surface area contributed by atoms with Gasteiger partial charge in [-0.3, -0.25) is 14.8 Å². The lowest BCUT2D eigenvalue weighted by molar-refractivity contribution is -0.167. The Hall–Kier alpha value is -0.810. The first kappa shape index (κ1) is 19.5. The first-order chi connectivity index (χ1) is 7.93. The van der Waals surface area contributed by atoms with Crippen LogP contribution >= 0.6 is 12.4 Å².